The molecule has 0 aromatic heterocycles. The van der Waals surface area contributed by atoms with E-state index in [9.17, 15) is 4.39 Å². The summed E-state index contributed by atoms with van der Waals surface area (Å²) >= 11 is 3.37. The molecule has 0 aliphatic rings. The maximum atomic E-state index is 13.8. The van der Waals surface area contributed by atoms with Gasteiger partial charge in [0.2, 0.25) is 0 Å². The van der Waals surface area contributed by atoms with Gasteiger partial charge in [0.05, 0.1) is 5.56 Å². The Morgan fingerprint density at radius 2 is 2.00 bits per heavy atom. The highest BCUT2D eigenvalue weighted by molar-refractivity contribution is 9.08. The lowest BCUT2D eigenvalue weighted by molar-refractivity contribution is 0.299. The highest BCUT2D eigenvalue weighted by atomic mass is 79.9. The number of rotatable bonds is 4. The number of ether oxygens (including phenoxy) is 1. The van der Waals surface area contributed by atoms with Crippen LogP contribution in [0, 0.1) is 17.1 Å². The smallest absolute Gasteiger partial charge is 0.147 e. The van der Waals surface area contributed by atoms with Gasteiger partial charge < -0.3 is 4.74 Å². The molecule has 0 N–H and O–H groups in total. The predicted octanol–water partition coefficient (Wildman–Crippen LogP) is 4.17. The highest BCUT2D eigenvalue weighted by Gasteiger charge is 2.08. The molecule has 0 unspecified atom stereocenters. The SMILES string of the molecule is N#Cc1cccc(COc2cccc(CBr)c2)c1F. The third-order valence-electron chi connectivity index (χ3n) is 2.65. The molecule has 0 fully saturated rings. The third-order valence-corrected chi connectivity index (χ3v) is 3.29. The zero-order valence-corrected chi connectivity index (χ0v) is 11.7. The maximum Gasteiger partial charge on any atom is 0.147 e. The second-order valence-corrected chi connectivity index (χ2v) is 4.52. The van der Waals surface area contributed by atoms with Gasteiger partial charge >= 0.3 is 0 Å². The lowest BCUT2D eigenvalue weighted by Gasteiger charge is -2.08. The lowest BCUT2D eigenvalue weighted by Crippen LogP contribution is -2.00. The fourth-order valence-electron chi connectivity index (χ4n) is 1.66. The first-order valence-corrected chi connectivity index (χ1v) is 6.82. The summed E-state index contributed by atoms with van der Waals surface area (Å²) in [6.45, 7) is 0.104. The van der Waals surface area contributed by atoms with E-state index in [0.29, 0.717) is 11.3 Å². The number of benzene rings is 2. The molecule has 0 bridgehead atoms. The number of hydrogen-bond donors (Lipinski definition) is 0. The zero-order chi connectivity index (χ0) is 13.7. The quantitative estimate of drug-likeness (QED) is 0.792. The average Bonchev–Trinajstić information content (AvgIpc) is 2.46. The van der Waals surface area contributed by atoms with E-state index in [2.05, 4.69) is 15.9 Å². The van der Waals surface area contributed by atoms with Crippen molar-refractivity contribution < 1.29 is 9.13 Å². The highest BCUT2D eigenvalue weighted by Crippen LogP contribution is 2.18. The summed E-state index contributed by atoms with van der Waals surface area (Å²) in [4.78, 5) is 0. The molecule has 0 spiro atoms. The first kappa shape index (κ1) is 13.6. The molecule has 2 aromatic rings. The van der Waals surface area contributed by atoms with Crippen LogP contribution in [0.2, 0.25) is 0 Å². The first-order valence-electron chi connectivity index (χ1n) is 5.70. The van der Waals surface area contributed by atoms with Crippen molar-refractivity contribution in [2.75, 3.05) is 0 Å². The fourth-order valence-corrected chi connectivity index (χ4v) is 2.01. The van der Waals surface area contributed by atoms with Gasteiger partial charge in [0.15, 0.2) is 0 Å². The normalized spacial score (nSPS) is 9.95. The number of alkyl halides is 1. The van der Waals surface area contributed by atoms with Crippen molar-refractivity contribution in [1.82, 2.24) is 0 Å². The van der Waals surface area contributed by atoms with E-state index in [1.54, 1.807) is 12.1 Å². The monoisotopic (exact) mass is 319 g/mol. The first-order chi connectivity index (χ1) is 9.24. The minimum absolute atomic E-state index is 0.0373. The van der Waals surface area contributed by atoms with Crippen LogP contribution in [0.3, 0.4) is 0 Å². The molecular formula is C15H11BrFNO. The van der Waals surface area contributed by atoms with Crippen LogP contribution in [0.25, 0.3) is 0 Å². The second-order valence-electron chi connectivity index (χ2n) is 3.96. The summed E-state index contributed by atoms with van der Waals surface area (Å²) in [7, 11) is 0. The van der Waals surface area contributed by atoms with Crippen LogP contribution >= 0.6 is 15.9 Å². The van der Waals surface area contributed by atoms with Gasteiger partial charge in [-0.3, -0.25) is 0 Å². The van der Waals surface area contributed by atoms with Gasteiger partial charge in [-0.25, -0.2) is 4.39 Å². The summed E-state index contributed by atoms with van der Waals surface area (Å²) in [5.74, 6) is 0.167. The number of halogens is 2. The van der Waals surface area contributed by atoms with Crippen LogP contribution < -0.4 is 4.74 Å². The van der Waals surface area contributed by atoms with Crippen molar-refractivity contribution in [2.45, 2.75) is 11.9 Å². The Morgan fingerprint density at radius 1 is 1.21 bits per heavy atom. The minimum atomic E-state index is -0.512. The Hall–Kier alpha value is -1.86. The molecule has 0 saturated heterocycles. The number of nitriles is 1. The fraction of sp³-hybridized carbons (Fsp3) is 0.133. The van der Waals surface area contributed by atoms with Crippen molar-refractivity contribution in [2.24, 2.45) is 0 Å². The van der Waals surface area contributed by atoms with Crippen LogP contribution in [0.5, 0.6) is 5.75 Å². The van der Waals surface area contributed by atoms with Gasteiger partial charge in [0.25, 0.3) is 0 Å². The summed E-state index contributed by atoms with van der Waals surface area (Å²) in [5.41, 5.74) is 1.50. The van der Waals surface area contributed by atoms with Crippen LogP contribution in [0.1, 0.15) is 16.7 Å². The third kappa shape index (κ3) is 3.33. The molecule has 2 aromatic carbocycles. The molecule has 4 heteroatoms. The predicted molar refractivity (Wildman–Crippen MR) is 74.5 cm³/mol. The number of hydrogen-bond acceptors (Lipinski definition) is 2. The molecule has 0 aliphatic heterocycles. The number of nitrogens with zero attached hydrogens (tertiary/aromatic N) is 1. The largest absolute Gasteiger partial charge is 0.489 e. The molecular weight excluding hydrogens is 309 g/mol. The standard InChI is InChI=1S/C15H11BrFNO/c16-8-11-3-1-6-14(7-11)19-10-13-5-2-4-12(9-18)15(13)17/h1-7H,8,10H2. The van der Waals surface area contributed by atoms with Crippen LogP contribution in [0.15, 0.2) is 42.5 Å². The van der Waals surface area contributed by atoms with Gasteiger partial charge in [-0.2, -0.15) is 5.26 Å². The Morgan fingerprint density at radius 3 is 2.74 bits per heavy atom. The molecule has 2 rings (SSSR count). The van der Waals surface area contributed by atoms with E-state index in [1.807, 2.05) is 30.3 Å². The van der Waals surface area contributed by atoms with Crippen molar-refractivity contribution in [3.05, 3.63) is 65.0 Å². The van der Waals surface area contributed by atoms with Gasteiger partial charge in [0.1, 0.15) is 24.2 Å². The summed E-state index contributed by atoms with van der Waals surface area (Å²) in [5, 5.41) is 9.50. The molecule has 0 aliphatic carbocycles. The van der Waals surface area contributed by atoms with E-state index in [-0.39, 0.29) is 12.2 Å². The molecule has 0 atom stereocenters. The summed E-state index contributed by atoms with van der Waals surface area (Å²) in [6.07, 6.45) is 0. The maximum absolute atomic E-state index is 13.8. The Balaban J connectivity index is 2.12. The van der Waals surface area contributed by atoms with E-state index >= 15 is 0 Å². The molecule has 0 amide bonds. The molecule has 0 saturated carbocycles. The Bertz CT molecular complexity index is 622. The molecule has 96 valence electrons. The van der Waals surface area contributed by atoms with E-state index < -0.39 is 5.82 Å². The molecule has 2 nitrogen and oxygen atoms in total. The van der Waals surface area contributed by atoms with Crippen molar-refractivity contribution in [3.63, 3.8) is 0 Å². The van der Waals surface area contributed by atoms with Crippen molar-refractivity contribution in [1.29, 1.82) is 5.26 Å². The van der Waals surface area contributed by atoms with Gasteiger partial charge in [-0.15, -0.1) is 0 Å². The summed E-state index contributed by atoms with van der Waals surface area (Å²) < 4.78 is 19.4. The minimum Gasteiger partial charge on any atom is -0.489 e. The zero-order valence-electron chi connectivity index (χ0n) is 10.1. The van der Waals surface area contributed by atoms with Crippen LogP contribution in [-0.2, 0) is 11.9 Å². The van der Waals surface area contributed by atoms with Crippen molar-refractivity contribution >= 4 is 15.9 Å². The molecule has 0 heterocycles. The molecule has 19 heavy (non-hydrogen) atoms. The molecule has 0 radical (unpaired) electrons. The Kier molecular flexibility index (Phi) is 4.53. The topological polar surface area (TPSA) is 33.0 Å². The lowest BCUT2D eigenvalue weighted by atomic mass is 10.1. The Labute approximate surface area is 119 Å². The summed E-state index contributed by atoms with van der Waals surface area (Å²) in [6, 6.07) is 14.1. The van der Waals surface area contributed by atoms with E-state index in [4.69, 9.17) is 10.00 Å². The van der Waals surface area contributed by atoms with Gasteiger partial charge in [-0.05, 0) is 23.8 Å². The van der Waals surface area contributed by atoms with Crippen LogP contribution in [-0.4, -0.2) is 0 Å². The van der Waals surface area contributed by atoms with Gasteiger partial charge in [0, 0.05) is 10.9 Å². The van der Waals surface area contributed by atoms with Crippen LogP contribution in [0.4, 0.5) is 4.39 Å². The average molecular weight is 320 g/mol. The van der Waals surface area contributed by atoms with Gasteiger partial charge in [-0.1, -0.05) is 40.2 Å². The van der Waals surface area contributed by atoms with Crippen molar-refractivity contribution in [3.8, 4) is 11.8 Å². The van der Waals surface area contributed by atoms with E-state index in [1.165, 1.54) is 6.07 Å². The van der Waals surface area contributed by atoms with E-state index in [0.717, 1.165) is 10.9 Å². The second kappa shape index (κ2) is 6.35.